The Balaban J connectivity index is 3.35. The van der Waals surface area contributed by atoms with E-state index in [-0.39, 0.29) is 12.2 Å². The number of halogens is 3. The van der Waals surface area contributed by atoms with Crippen LogP contribution >= 0.6 is 0 Å². The minimum atomic E-state index is -3.10. The SMILES string of the molecule is NCc1nc(C(F)F)c(F)cc1C(=O)O. The summed E-state index contributed by atoms with van der Waals surface area (Å²) in [5, 5.41) is 8.60. The van der Waals surface area contributed by atoms with Crippen LogP contribution in [0.2, 0.25) is 0 Å². The van der Waals surface area contributed by atoms with Gasteiger partial charge in [-0.3, -0.25) is 0 Å². The predicted octanol–water partition coefficient (Wildman–Crippen LogP) is 1.32. The molecule has 0 fully saturated rings. The minimum absolute atomic E-state index is 0.265. The van der Waals surface area contributed by atoms with E-state index in [0.717, 1.165) is 0 Å². The second kappa shape index (κ2) is 4.26. The fourth-order valence-corrected chi connectivity index (χ4v) is 1.04. The van der Waals surface area contributed by atoms with Gasteiger partial charge in [-0.25, -0.2) is 22.9 Å². The number of hydrogen-bond acceptors (Lipinski definition) is 3. The van der Waals surface area contributed by atoms with E-state index in [4.69, 9.17) is 10.8 Å². The van der Waals surface area contributed by atoms with Gasteiger partial charge in [0, 0.05) is 6.54 Å². The van der Waals surface area contributed by atoms with Gasteiger partial charge in [-0.05, 0) is 6.07 Å². The molecular formula is C8H7F3N2O2. The molecule has 0 saturated heterocycles. The lowest BCUT2D eigenvalue weighted by Crippen LogP contribution is -2.12. The maximum absolute atomic E-state index is 12.9. The lowest BCUT2D eigenvalue weighted by atomic mass is 10.1. The molecule has 82 valence electrons. The highest BCUT2D eigenvalue weighted by molar-refractivity contribution is 5.88. The molecule has 1 aromatic rings. The third-order valence-electron chi connectivity index (χ3n) is 1.71. The average Bonchev–Trinajstić information content (AvgIpc) is 2.16. The standard InChI is InChI=1S/C8H7F3N2O2/c9-4-1-3(8(14)15)5(2-12)13-6(4)7(10)11/h1,7H,2,12H2,(H,14,15). The van der Waals surface area contributed by atoms with Gasteiger partial charge in [0.1, 0.15) is 5.69 Å². The number of pyridine rings is 1. The molecule has 0 radical (unpaired) electrons. The number of carboxylic acid groups (broad SMARTS) is 1. The first-order valence-corrected chi connectivity index (χ1v) is 3.88. The summed E-state index contributed by atoms with van der Waals surface area (Å²) in [5.41, 5.74) is 3.27. The van der Waals surface area contributed by atoms with Gasteiger partial charge in [0.15, 0.2) is 5.82 Å². The van der Waals surface area contributed by atoms with Crippen LogP contribution in [0.5, 0.6) is 0 Å². The van der Waals surface area contributed by atoms with Crippen LogP contribution in [0.15, 0.2) is 6.07 Å². The van der Waals surface area contributed by atoms with Crippen LogP contribution in [0.4, 0.5) is 13.2 Å². The molecule has 15 heavy (non-hydrogen) atoms. The van der Waals surface area contributed by atoms with E-state index in [1.165, 1.54) is 0 Å². The van der Waals surface area contributed by atoms with E-state index < -0.39 is 29.5 Å². The second-order valence-corrected chi connectivity index (χ2v) is 2.66. The molecule has 0 aliphatic rings. The summed E-state index contributed by atoms with van der Waals surface area (Å²) in [6, 6.07) is 0.499. The minimum Gasteiger partial charge on any atom is -0.478 e. The van der Waals surface area contributed by atoms with Gasteiger partial charge in [-0.1, -0.05) is 0 Å². The van der Waals surface area contributed by atoms with E-state index in [1.54, 1.807) is 0 Å². The number of aromatic carboxylic acids is 1. The lowest BCUT2D eigenvalue weighted by Gasteiger charge is -2.06. The third-order valence-corrected chi connectivity index (χ3v) is 1.71. The highest BCUT2D eigenvalue weighted by Crippen LogP contribution is 2.22. The van der Waals surface area contributed by atoms with Gasteiger partial charge in [0.05, 0.1) is 11.3 Å². The normalized spacial score (nSPS) is 10.7. The molecule has 7 heteroatoms. The van der Waals surface area contributed by atoms with E-state index >= 15 is 0 Å². The van der Waals surface area contributed by atoms with Crippen LogP contribution in [0, 0.1) is 5.82 Å². The number of rotatable bonds is 3. The topological polar surface area (TPSA) is 76.2 Å². The van der Waals surface area contributed by atoms with E-state index in [1.807, 2.05) is 0 Å². The molecule has 0 amide bonds. The predicted molar refractivity (Wildman–Crippen MR) is 44.0 cm³/mol. The van der Waals surface area contributed by atoms with Crippen molar-refractivity contribution in [2.24, 2.45) is 5.73 Å². The fraction of sp³-hybridized carbons (Fsp3) is 0.250. The molecule has 1 heterocycles. The molecule has 0 aliphatic heterocycles. The van der Waals surface area contributed by atoms with Gasteiger partial charge >= 0.3 is 5.97 Å². The van der Waals surface area contributed by atoms with E-state index in [9.17, 15) is 18.0 Å². The van der Waals surface area contributed by atoms with Gasteiger partial charge in [0.25, 0.3) is 6.43 Å². The average molecular weight is 220 g/mol. The number of alkyl halides is 2. The maximum atomic E-state index is 12.9. The molecule has 0 aliphatic carbocycles. The summed E-state index contributed by atoms with van der Waals surface area (Å²) in [6.45, 7) is -0.346. The molecule has 3 N–H and O–H groups in total. The molecule has 4 nitrogen and oxygen atoms in total. The monoisotopic (exact) mass is 220 g/mol. The third kappa shape index (κ3) is 2.24. The van der Waals surface area contributed by atoms with Gasteiger partial charge in [-0.15, -0.1) is 0 Å². The van der Waals surface area contributed by atoms with Gasteiger partial charge in [-0.2, -0.15) is 0 Å². The Morgan fingerprint density at radius 2 is 2.20 bits per heavy atom. The van der Waals surface area contributed by atoms with Crippen molar-refractivity contribution in [3.8, 4) is 0 Å². The highest BCUT2D eigenvalue weighted by Gasteiger charge is 2.20. The van der Waals surface area contributed by atoms with Crippen molar-refractivity contribution in [1.82, 2.24) is 4.98 Å². The smallest absolute Gasteiger partial charge is 0.337 e. The fourth-order valence-electron chi connectivity index (χ4n) is 1.04. The zero-order valence-electron chi connectivity index (χ0n) is 7.38. The molecule has 1 rings (SSSR count). The van der Waals surface area contributed by atoms with Crippen molar-refractivity contribution in [3.63, 3.8) is 0 Å². The Morgan fingerprint density at radius 3 is 2.60 bits per heavy atom. The van der Waals surface area contributed by atoms with E-state index in [0.29, 0.717) is 6.07 Å². The van der Waals surface area contributed by atoms with Crippen LogP contribution in [0.25, 0.3) is 0 Å². The Labute approximate surface area is 82.5 Å². The Kier molecular flexibility index (Phi) is 3.25. The molecule has 0 unspecified atom stereocenters. The van der Waals surface area contributed by atoms with Crippen LogP contribution in [0.1, 0.15) is 28.2 Å². The first-order valence-electron chi connectivity index (χ1n) is 3.88. The van der Waals surface area contributed by atoms with Crippen LogP contribution in [-0.4, -0.2) is 16.1 Å². The summed E-state index contributed by atoms with van der Waals surface area (Å²) in [7, 11) is 0. The Hall–Kier alpha value is -1.63. The maximum Gasteiger partial charge on any atom is 0.337 e. The summed E-state index contributed by atoms with van der Waals surface area (Å²) >= 11 is 0. The van der Waals surface area contributed by atoms with Crippen molar-refractivity contribution >= 4 is 5.97 Å². The van der Waals surface area contributed by atoms with Crippen molar-refractivity contribution in [2.45, 2.75) is 13.0 Å². The number of nitrogens with two attached hydrogens (primary N) is 1. The number of hydrogen-bond donors (Lipinski definition) is 2. The molecular weight excluding hydrogens is 213 g/mol. The summed E-state index contributed by atoms with van der Waals surface area (Å²) < 4.78 is 37.3. The molecule has 0 aromatic carbocycles. The molecule has 0 atom stereocenters. The molecule has 0 bridgehead atoms. The molecule has 0 spiro atoms. The number of carboxylic acids is 1. The second-order valence-electron chi connectivity index (χ2n) is 2.66. The van der Waals surface area contributed by atoms with Crippen molar-refractivity contribution in [2.75, 3.05) is 0 Å². The summed E-state index contributed by atoms with van der Waals surface area (Å²) in [5.74, 6) is -2.80. The lowest BCUT2D eigenvalue weighted by molar-refractivity contribution is 0.0693. The largest absolute Gasteiger partial charge is 0.478 e. The van der Waals surface area contributed by atoms with E-state index in [2.05, 4.69) is 4.98 Å². The van der Waals surface area contributed by atoms with Gasteiger partial charge < -0.3 is 10.8 Å². The summed E-state index contributed by atoms with van der Waals surface area (Å²) in [4.78, 5) is 13.7. The van der Waals surface area contributed by atoms with Crippen LogP contribution in [0.3, 0.4) is 0 Å². The highest BCUT2D eigenvalue weighted by atomic mass is 19.3. The van der Waals surface area contributed by atoms with Crippen molar-refractivity contribution in [3.05, 3.63) is 28.8 Å². The molecule has 0 saturated carbocycles. The first-order chi connectivity index (χ1) is 6.97. The Bertz CT molecular complexity index is 396. The molecule has 1 aromatic heterocycles. The zero-order chi connectivity index (χ0) is 11.6. The Morgan fingerprint density at radius 1 is 1.60 bits per heavy atom. The van der Waals surface area contributed by atoms with Crippen LogP contribution in [-0.2, 0) is 6.54 Å². The zero-order valence-corrected chi connectivity index (χ0v) is 7.38. The number of nitrogens with zero attached hydrogens (tertiary/aromatic N) is 1. The number of carbonyl (C=O) groups is 1. The first kappa shape index (κ1) is 11.4. The van der Waals surface area contributed by atoms with Crippen LogP contribution < -0.4 is 5.73 Å². The quantitative estimate of drug-likeness (QED) is 0.805. The number of aromatic nitrogens is 1. The van der Waals surface area contributed by atoms with Crippen molar-refractivity contribution in [1.29, 1.82) is 0 Å². The summed E-state index contributed by atoms with van der Waals surface area (Å²) in [6.07, 6.45) is -3.10. The van der Waals surface area contributed by atoms with Gasteiger partial charge in [0.2, 0.25) is 0 Å². The van der Waals surface area contributed by atoms with Crippen molar-refractivity contribution < 1.29 is 23.1 Å².